The lowest BCUT2D eigenvalue weighted by Gasteiger charge is -2.28. The van der Waals surface area contributed by atoms with Crippen molar-refractivity contribution in [2.24, 2.45) is 5.41 Å². The van der Waals surface area contributed by atoms with Gasteiger partial charge in [0.1, 0.15) is 0 Å². The first-order chi connectivity index (χ1) is 8.58. The Bertz CT molecular complexity index is 288. The Morgan fingerprint density at radius 2 is 1.83 bits per heavy atom. The molecule has 104 valence electrons. The number of carboxylic acid groups (broad SMARTS) is 1. The molecule has 2 amide bonds. The van der Waals surface area contributed by atoms with Crippen LogP contribution in [0, 0.1) is 5.41 Å². The predicted molar refractivity (Wildman–Crippen MR) is 66.3 cm³/mol. The average molecular weight is 258 g/mol. The second kappa shape index (κ2) is 7.20. The Morgan fingerprint density at radius 1 is 1.17 bits per heavy atom. The molecule has 4 N–H and O–H groups in total. The van der Waals surface area contributed by atoms with Crippen LogP contribution in [0.1, 0.15) is 38.5 Å². The summed E-state index contributed by atoms with van der Waals surface area (Å²) in [4.78, 5) is 21.7. The maximum absolute atomic E-state index is 11.5. The first-order valence-corrected chi connectivity index (χ1v) is 6.42. The molecule has 0 aromatic heterocycles. The predicted octanol–water partition coefficient (Wildman–Crippen LogP) is 0.703. The van der Waals surface area contributed by atoms with E-state index >= 15 is 0 Å². The van der Waals surface area contributed by atoms with Gasteiger partial charge in [-0.3, -0.25) is 4.79 Å². The molecule has 0 aromatic rings. The van der Waals surface area contributed by atoms with Gasteiger partial charge in [-0.05, 0) is 24.7 Å². The van der Waals surface area contributed by atoms with Gasteiger partial charge in [0.2, 0.25) is 0 Å². The fourth-order valence-corrected chi connectivity index (χ4v) is 2.49. The summed E-state index contributed by atoms with van der Waals surface area (Å²) in [6.45, 7) is 0.822. The largest absolute Gasteiger partial charge is 0.481 e. The topological polar surface area (TPSA) is 98.7 Å². The van der Waals surface area contributed by atoms with E-state index in [4.69, 9.17) is 10.2 Å². The van der Waals surface area contributed by atoms with Crippen molar-refractivity contribution in [2.45, 2.75) is 38.5 Å². The van der Waals surface area contributed by atoms with Crippen molar-refractivity contribution in [1.29, 1.82) is 0 Å². The zero-order valence-electron chi connectivity index (χ0n) is 10.6. The molecule has 6 nitrogen and oxygen atoms in total. The molecule has 0 aliphatic heterocycles. The third-order valence-corrected chi connectivity index (χ3v) is 3.55. The van der Waals surface area contributed by atoms with Crippen molar-refractivity contribution >= 4 is 12.0 Å². The molecule has 0 bridgehead atoms. The number of aliphatic hydroxyl groups excluding tert-OH is 1. The lowest BCUT2D eigenvalue weighted by molar-refractivity contribution is -0.136. The molecule has 6 heteroatoms. The summed E-state index contributed by atoms with van der Waals surface area (Å²) in [6.07, 6.45) is 4.98. The number of aliphatic carboxylic acids is 1. The van der Waals surface area contributed by atoms with Gasteiger partial charge >= 0.3 is 12.0 Å². The van der Waals surface area contributed by atoms with E-state index < -0.39 is 5.97 Å². The minimum atomic E-state index is -0.928. The molecule has 1 saturated carbocycles. The summed E-state index contributed by atoms with van der Waals surface area (Å²) in [5.41, 5.74) is 0.0267. The van der Waals surface area contributed by atoms with Crippen molar-refractivity contribution in [3.63, 3.8) is 0 Å². The maximum Gasteiger partial charge on any atom is 0.314 e. The van der Waals surface area contributed by atoms with Gasteiger partial charge < -0.3 is 20.8 Å². The quantitative estimate of drug-likeness (QED) is 0.540. The van der Waals surface area contributed by atoms with Gasteiger partial charge in [-0.15, -0.1) is 0 Å². The number of rotatable bonds is 7. The molecule has 1 fully saturated rings. The number of amides is 2. The molecule has 0 spiro atoms. The van der Waals surface area contributed by atoms with Crippen LogP contribution in [-0.2, 0) is 4.79 Å². The lowest BCUT2D eigenvalue weighted by Crippen LogP contribution is -2.42. The Labute approximate surface area is 107 Å². The third kappa shape index (κ3) is 4.91. The second-order valence-electron chi connectivity index (χ2n) is 4.93. The average Bonchev–Trinajstić information content (AvgIpc) is 2.76. The molecule has 0 unspecified atom stereocenters. The van der Waals surface area contributed by atoms with Crippen LogP contribution in [0.4, 0.5) is 4.79 Å². The Morgan fingerprint density at radius 3 is 2.39 bits per heavy atom. The molecule has 0 saturated heterocycles. The van der Waals surface area contributed by atoms with Crippen molar-refractivity contribution < 1.29 is 19.8 Å². The van der Waals surface area contributed by atoms with Crippen molar-refractivity contribution in [3.05, 3.63) is 0 Å². The highest BCUT2D eigenvalue weighted by Crippen LogP contribution is 2.40. The van der Waals surface area contributed by atoms with Crippen LogP contribution in [-0.4, -0.2) is 41.9 Å². The zero-order valence-corrected chi connectivity index (χ0v) is 10.6. The van der Waals surface area contributed by atoms with Crippen LogP contribution in [0.25, 0.3) is 0 Å². The van der Waals surface area contributed by atoms with E-state index in [1.807, 2.05) is 0 Å². The van der Waals surface area contributed by atoms with E-state index in [9.17, 15) is 9.59 Å². The van der Waals surface area contributed by atoms with Crippen LogP contribution in [0.15, 0.2) is 0 Å². The number of hydrogen-bond donors (Lipinski definition) is 4. The molecule has 1 aliphatic rings. The standard InChI is InChI=1S/C12H22N2O4/c15-8-6-12(4-1-2-5-12)9-14-11(18)13-7-3-10(16)17/h15H,1-9H2,(H,16,17)(H2,13,14,18). The maximum atomic E-state index is 11.5. The monoisotopic (exact) mass is 258 g/mol. The van der Waals surface area contributed by atoms with E-state index in [0.29, 0.717) is 13.0 Å². The van der Waals surface area contributed by atoms with E-state index in [0.717, 1.165) is 25.7 Å². The summed E-state index contributed by atoms with van der Waals surface area (Å²) in [7, 11) is 0. The summed E-state index contributed by atoms with van der Waals surface area (Å²) in [5.74, 6) is -0.928. The van der Waals surface area contributed by atoms with Crippen LogP contribution in [0.5, 0.6) is 0 Å². The summed E-state index contributed by atoms with van der Waals surface area (Å²) in [6, 6.07) is -0.333. The summed E-state index contributed by atoms with van der Waals surface area (Å²) in [5, 5.41) is 22.8. The molecule has 0 atom stereocenters. The molecular formula is C12H22N2O4. The smallest absolute Gasteiger partial charge is 0.314 e. The minimum absolute atomic E-state index is 0.0267. The first-order valence-electron chi connectivity index (χ1n) is 6.42. The Balaban J connectivity index is 2.25. The summed E-state index contributed by atoms with van der Waals surface area (Å²) >= 11 is 0. The third-order valence-electron chi connectivity index (χ3n) is 3.55. The molecule has 1 aliphatic carbocycles. The highest BCUT2D eigenvalue weighted by molar-refractivity contribution is 5.75. The van der Waals surface area contributed by atoms with Gasteiger partial charge in [0.05, 0.1) is 6.42 Å². The van der Waals surface area contributed by atoms with Crippen molar-refractivity contribution in [1.82, 2.24) is 10.6 Å². The van der Waals surface area contributed by atoms with E-state index in [-0.39, 0.29) is 31.0 Å². The molecule has 18 heavy (non-hydrogen) atoms. The van der Waals surface area contributed by atoms with Gasteiger partial charge in [-0.1, -0.05) is 12.8 Å². The number of carbonyl (C=O) groups excluding carboxylic acids is 1. The molecule has 0 aromatic carbocycles. The minimum Gasteiger partial charge on any atom is -0.481 e. The number of nitrogens with one attached hydrogen (secondary N) is 2. The van der Waals surface area contributed by atoms with Crippen LogP contribution < -0.4 is 10.6 Å². The fourth-order valence-electron chi connectivity index (χ4n) is 2.49. The highest BCUT2D eigenvalue weighted by Gasteiger charge is 2.33. The van der Waals surface area contributed by atoms with Gasteiger partial charge in [-0.2, -0.15) is 0 Å². The Hall–Kier alpha value is -1.30. The second-order valence-corrected chi connectivity index (χ2v) is 4.93. The van der Waals surface area contributed by atoms with Crippen LogP contribution >= 0.6 is 0 Å². The van der Waals surface area contributed by atoms with Gasteiger partial charge in [0.15, 0.2) is 0 Å². The molecule has 0 radical (unpaired) electrons. The molecular weight excluding hydrogens is 236 g/mol. The van der Waals surface area contributed by atoms with Gasteiger partial charge in [0.25, 0.3) is 0 Å². The lowest BCUT2D eigenvalue weighted by atomic mass is 9.83. The van der Waals surface area contributed by atoms with E-state index in [1.165, 1.54) is 0 Å². The number of carbonyl (C=O) groups is 2. The van der Waals surface area contributed by atoms with Gasteiger partial charge in [-0.25, -0.2) is 4.79 Å². The number of hydrogen-bond acceptors (Lipinski definition) is 3. The van der Waals surface area contributed by atoms with Gasteiger partial charge in [0, 0.05) is 19.7 Å². The summed E-state index contributed by atoms with van der Waals surface area (Å²) < 4.78 is 0. The van der Waals surface area contributed by atoms with Crippen LogP contribution in [0.2, 0.25) is 0 Å². The zero-order chi connectivity index (χ0) is 13.4. The number of urea groups is 1. The van der Waals surface area contributed by atoms with Crippen molar-refractivity contribution in [3.8, 4) is 0 Å². The Kier molecular flexibility index (Phi) is 5.91. The fraction of sp³-hybridized carbons (Fsp3) is 0.833. The first kappa shape index (κ1) is 14.8. The molecule has 1 rings (SSSR count). The van der Waals surface area contributed by atoms with E-state index in [1.54, 1.807) is 0 Å². The van der Waals surface area contributed by atoms with E-state index in [2.05, 4.69) is 10.6 Å². The number of carboxylic acids is 1. The molecule has 0 heterocycles. The highest BCUT2D eigenvalue weighted by atomic mass is 16.4. The van der Waals surface area contributed by atoms with Crippen molar-refractivity contribution in [2.75, 3.05) is 19.7 Å². The SMILES string of the molecule is O=C(O)CCNC(=O)NCC1(CCO)CCCC1. The number of aliphatic hydroxyl groups is 1. The normalized spacial score (nSPS) is 17.4. The van der Waals surface area contributed by atoms with Crippen LogP contribution in [0.3, 0.4) is 0 Å².